The molecule has 0 fully saturated rings. The minimum atomic E-state index is -3.68. The third kappa shape index (κ3) is 5.16. The molecule has 0 amide bonds. The maximum atomic E-state index is 12.3. The van der Waals surface area contributed by atoms with E-state index < -0.39 is 20.8 Å². The van der Waals surface area contributed by atoms with Crippen LogP contribution in [0.15, 0.2) is 27.6 Å². The zero-order valence-corrected chi connectivity index (χ0v) is 14.8. The van der Waals surface area contributed by atoms with E-state index in [4.69, 9.17) is 4.74 Å². The van der Waals surface area contributed by atoms with Gasteiger partial charge in [0, 0.05) is 33.3 Å². The second-order valence-corrected chi connectivity index (χ2v) is 8.54. The summed E-state index contributed by atoms with van der Waals surface area (Å²) in [5, 5.41) is 0. The van der Waals surface area contributed by atoms with Gasteiger partial charge in [0.2, 0.25) is 10.0 Å². The van der Waals surface area contributed by atoms with E-state index in [9.17, 15) is 12.6 Å². The maximum absolute atomic E-state index is 12.3. The topological polar surface area (TPSA) is 72.5 Å². The van der Waals surface area contributed by atoms with Crippen molar-refractivity contribution in [2.24, 2.45) is 0 Å². The number of hydrogen-bond acceptors (Lipinski definition) is 4. The van der Waals surface area contributed by atoms with Crippen molar-refractivity contribution in [3.8, 4) is 5.75 Å². The highest BCUT2D eigenvalue weighted by Gasteiger charge is 2.22. The first-order chi connectivity index (χ1) is 9.26. The molecule has 8 heteroatoms. The van der Waals surface area contributed by atoms with Crippen molar-refractivity contribution in [2.75, 3.05) is 19.1 Å². The number of hydrogen-bond donors (Lipinski definition) is 1. The van der Waals surface area contributed by atoms with Crippen LogP contribution in [0.5, 0.6) is 5.75 Å². The van der Waals surface area contributed by atoms with Crippen LogP contribution in [0.3, 0.4) is 0 Å². The van der Waals surface area contributed by atoms with Crippen molar-refractivity contribution in [2.45, 2.75) is 24.3 Å². The Labute approximate surface area is 130 Å². The number of ether oxygens (including phenoxy) is 1. The van der Waals surface area contributed by atoms with Crippen molar-refractivity contribution in [1.29, 1.82) is 0 Å². The summed E-state index contributed by atoms with van der Waals surface area (Å²) >= 11 is 3.25. The van der Waals surface area contributed by atoms with Crippen LogP contribution >= 0.6 is 15.9 Å². The van der Waals surface area contributed by atoms with E-state index in [0.717, 1.165) is 0 Å². The van der Waals surface area contributed by atoms with E-state index in [1.54, 1.807) is 25.3 Å². The van der Waals surface area contributed by atoms with E-state index >= 15 is 0 Å². The number of halogens is 1. The number of rotatable bonds is 7. The zero-order valence-electron chi connectivity index (χ0n) is 11.6. The number of nitrogens with one attached hydrogen (secondary N) is 1. The first-order valence-corrected chi connectivity index (χ1v) is 9.92. The van der Waals surface area contributed by atoms with Crippen LogP contribution in [0.1, 0.15) is 13.3 Å². The third-order valence-electron chi connectivity index (χ3n) is 2.61. The predicted octanol–water partition coefficient (Wildman–Crippen LogP) is 1.89. The Bertz CT molecular complexity index is 589. The molecule has 0 bridgehead atoms. The molecule has 1 aromatic carbocycles. The quantitative estimate of drug-likeness (QED) is 0.780. The average Bonchev–Trinajstić information content (AvgIpc) is 2.36. The summed E-state index contributed by atoms with van der Waals surface area (Å²) in [7, 11) is -3.19. The van der Waals surface area contributed by atoms with Crippen molar-refractivity contribution >= 4 is 36.8 Å². The Morgan fingerprint density at radius 3 is 2.65 bits per heavy atom. The second kappa shape index (κ2) is 7.53. The molecule has 0 radical (unpaired) electrons. The minimum absolute atomic E-state index is 0.0823. The highest BCUT2D eigenvalue weighted by Crippen LogP contribution is 2.27. The van der Waals surface area contributed by atoms with Gasteiger partial charge >= 0.3 is 0 Å². The number of sulfonamides is 1. The smallest absolute Gasteiger partial charge is 0.244 e. The van der Waals surface area contributed by atoms with Gasteiger partial charge in [-0.25, -0.2) is 13.1 Å². The molecule has 0 aliphatic carbocycles. The Hall–Kier alpha value is -0.440. The molecule has 114 valence electrons. The Kier molecular flexibility index (Phi) is 6.63. The lowest BCUT2D eigenvalue weighted by Crippen LogP contribution is -2.33. The standard InChI is InChI=1S/C12H18BrNO4S2/c1-9(6-7-19(3)15)14-20(16,17)12-8-10(13)4-5-11(12)18-2/h4-5,8-9,14H,6-7H2,1-3H3. The third-order valence-corrected chi connectivity index (χ3v) is 5.52. The van der Waals surface area contributed by atoms with Crippen LogP contribution < -0.4 is 9.46 Å². The lowest BCUT2D eigenvalue weighted by Gasteiger charge is -2.15. The summed E-state index contributed by atoms with van der Waals surface area (Å²) in [6.07, 6.45) is 2.11. The predicted molar refractivity (Wildman–Crippen MR) is 84.0 cm³/mol. The van der Waals surface area contributed by atoms with Gasteiger partial charge in [-0.15, -0.1) is 0 Å². The van der Waals surface area contributed by atoms with Gasteiger partial charge in [-0.3, -0.25) is 4.21 Å². The van der Waals surface area contributed by atoms with Gasteiger partial charge in [-0.2, -0.15) is 0 Å². The molecule has 0 saturated heterocycles. The molecular formula is C12H18BrNO4S2. The van der Waals surface area contributed by atoms with Crippen molar-refractivity contribution in [1.82, 2.24) is 4.72 Å². The first kappa shape index (κ1) is 17.6. The first-order valence-electron chi connectivity index (χ1n) is 5.92. The summed E-state index contributed by atoms with van der Waals surface area (Å²) in [6.45, 7) is 1.74. The monoisotopic (exact) mass is 383 g/mol. The molecule has 0 spiro atoms. The van der Waals surface area contributed by atoms with Gasteiger partial charge in [-0.05, 0) is 31.5 Å². The van der Waals surface area contributed by atoms with Crippen LogP contribution in [-0.4, -0.2) is 37.8 Å². The van der Waals surface area contributed by atoms with Gasteiger partial charge in [-0.1, -0.05) is 15.9 Å². The molecule has 1 rings (SSSR count). The van der Waals surface area contributed by atoms with E-state index in [-0.39, 0.29) is 16.7 Å². The zero-order chi connectivity index (χ0) is 15.3. The molecule has 0 aromatic heterocycles. The fourth-order valence-electron chi connectivity index (χ4n) is 1.59. The lowest BCUT2D eigenvalue weighted by atomic mass is 10.3. The van der Waals surface area contributed by atoms with E-state index in [0.29, 0.717) is 16.6 Å². The van der Waals surface area contributed by atoms with Gasteiger partial charge < -0.3 is 4.74 Å². The van der Waals surface area contributed by atoms with Crippen LogP contribution in [0.4, 0.5) is 0 Å². The summed E-state index contributed by atoms with van der Waals surface area (Å²) < 4.78 is 44.0. The van der Waals surface area contributed by atoms with E-state index in [2.05, 4.69) is 20.7 Å². The highest BCUT2D eigenvalue weighted by atomic mass is 79.9. The van der Waals surface area contributed by atoms with Crippen molar-refractivity contribution < 1.29 is 17.4 Å². The molecule has 20 heavy (non-hydrogen) atoms. The molecule has 2 unspecified atom stereocenters. The Morgan fingerprint density at radius 2 is 2.10 bits per heavy atom. The highest BCUT2D eigenvalue weighted by molar-refractivity contribution is 9.10. The molecule has 2 atom stereocenters. The number of benzene rings is 1. The molecule has 0 aliphatic heterocycles. The summed E-state index contributed by atoms with van der Waals surface area (Å²) in [5.41, 5.74) is 0. The average molecular weight is 384 g/mol. The molecule has 5 nitrogen and oxygen atoms in total. The lowest BCUT2D eigenvalue weighted by molar-refractivity contribution is 0.402. The van der Waals surface area contributed by atoms with E-state index in [1.807, 2.05) is 0 Å². The summed E-state index contributed by atoms with van der Waals surface area (Å²) in [6, 6.07) is 4.49. The summed E-state index contributed by atoms with van der Waals surface area (Å²) in [5.74, 6) is 0.742. The number of methoxy groups -OCH3 is 1. The van der Waals surface area contributed by atoms with Gasteiger partial charge in [0.15, 0.2) is 0 Å². The second-order valence-electron chi connectivity index (χ2n) is 4.38. The Morgan fingerprint density at radius 1 is 1.45 bits per heavy atom. The van der Waals surface area contributed by atoms with Crippen LogP contribution in [0.2, 0.25) is 0 Å². The molecular weight excluding hydrogens is 366 g/mol. The fourth-order valence-corrected chi connectivity index (χ4v) is 4.26. The molecule has 1 aromatic rings. The van der Waals surface area contributed by atoms with Crippen LogP contribution in [0, 0.1) is 0 Å². The minimum Gasteiger partial charge on any atom is -0.495 e. The van der Waals surface area contributed by atoms with Gasteiger partial charge in [0.1, 0.15) is 10.6 Å². The van der Waals surface area contributed by atoms with Gasteiger partial charge in [0.05, 0.1) is 7.11 Å². The van der Waals surface area contributed by atoms with Crippen molar-refractivity contribution in [3.63, 3.8) is 0 Å². The molecule has 0 saturated carbocycles. The molecule has 0 heterocycles. The van der Waals surface area contributed by atoms with E-state index in [1.165, 1.54) is 13.2 Å². The van der Waals surface area contributed by atoms with Crippen LogP contribution in [0.25, 0.3) is 0 Å². The normalized spacial score (nSPS) is 14.8. The van der Waals surface area contributed by atoms with Crippen LogP contribution in [-0.2, 0) is 20.8 Å². The molecule has 1 N–H and O–H groups in total. The largest absolute Gasteiger partial charge is 0.495 e. The fraction of sp³-hybridized carbons (Fsp3) is 0.500. The maximum Gasteiger partial charge on any atom is 0.244 e. The molecule has 0 aliphatic rings. The van der Waals surface area contributed by atoms with Crippen molar-refractivity contribution in [3.05, 3.63) is 22.7 Å². The summed E-state index contributed by atoms with van der Waals surface area (Å²) in [4.78, 5) is 0.0823. The Balaban J connectivity index is 2.93. The SMILES string of the molecule is COc1ccc(Br)cc1S(=O)(=O)NC(C)CCS(C)=O. The van der Waals surface area contributed by atoms with Gasteiger partial charge in [0.25, 0.3) is 0 Å².